The number of non-ortho nitro benzene ring substituents is 1. The maximum Gasteiger partial charge on any atom is 0.293 e. The third-order valence-electron chi connectivity index (χ3n) is 5.11. The van der Waals surface area contributed by atoms with Gasteiger partial charge in [-0.3, -0.25) is 24.6 Å². The van der Waals surface area contributed by atoms with E-state index in [4.69, 9.17) is 16.3 Å². The van der Waals surface area contributed by atoms with Crippen molar-refractivity contribution in [3.63, 3.8) is 0 Å². The first-order valence-corrected chi connectivity index (χ1v) is 11.5. The van der Waals surface area contributed by atoms with Crippen LogP contribution in [0.4, 0.5) is 10.5 Å². The molecule has 0 radical (unpaired) electrons. The van der Waals surface area contributed by atoms with E-state index < -0.39 is 4.92 Å². The molecule has 0 aliphatic carbocycles. The zero-order valence-corrected chi connectivity index (χ0v) is 19.4. The maximum atomic E-state index is 12.7. The summed E-state index contributed by atoms with van der Waals surface area (Å²) in [5.41, 5.74) is 2.33. The largest absolute Gasteiger partial charge is 0.487 e. The first-order valence-electron chi connectivity index (χ1n) is 10.4. The van der Waals surface area contributed by atoms with Crippen molar-refractivity contribution in [2.45, 2.75) is 13.0 Å². The van der Waals surface area contributed by atoms with Crippen molar-refractivity contribution in [1.29, 1.82) is 0 Å². The highest BCUT2D eigenvalue weighted by atomic mass is 35.5. The number of rotatable bonds is 8. The predicted molar refractivity (Wildman–Crippen MR) is 132 cm³/mol. The van der Waals surface area contributed by atoms with Crippen LogP contribution in [0, 0.1) is 10.1 Å². The molecule has 9 heteroatoms. The first kappa shape index (κ1) is 23.5. The summed E-state index contributed by atoms with van der Waals surface area (Å²) >= 11 is 7.24. The van der Waals surface area contributed by atoms with Crippen molar-refractivity contribution < 1.29 is 19.2 Å². The van der Waals surface area contributed by atoms with E-state index in [-0.39, 0.29) is 23.4 Å². The van der Waals surface area contributed by atoms with E-state index in [9.17, 15) is 19.7 Å². The summed E-state index contributed by atoms with van der Waals surface area (Å²) in [6.45, 7) is 0.429. The molecule has 1 heterocycles. The average Bonchev–Trinajstić information content (AvgIpc) is 3.10. The number of hydrogen-bond acceptors (Lipinski definition) is 6. The van der Waals surface area contributed by atoms with Gasteiger partial charge in [-0.2, -0.15) is 0 Å². The molecule has 1 aliphatic rings. The lowest BCUT2D eigenvalue weighted by Gasteiger charge is -2.12. The number of halogens is 1. The summed E-state index contributed by atoms with van der Waals surface area (Å²) < 4.78 is 5.70. The van der Waals surface area contributed by atoms with E-state index in [0.29, 0.717) is 39.8 Å². The number of ether oxygens (including phenoxy) is 1. The minimum absolute atomic E-state index is 0.0136. The van der Waals surface area contributed by atoms with Gasteiger partial charge in [0.05, 0.1) is 14.9 Å². The van der Waals surface area contributed by atoms with E-state index in [1.165, 1.54) is 17.0 Å². The third-order valence-corrected chi connectivity index (χ3v) is 6.31. The van der Waals surface area contributed by atoms with Gasteiger partial charge in [-0.1, -0.05) is 60.1 Å². The van der Waals surface area contributed by atoms with Gasteiger partial charge in [0.1, 0.15) is 12.4 Å². The maximum absolute atomic E-state index is 12.7. The van der Waals surface area contributed by atoms with Crippen molar-refractivity contribution in [2.75, 3.05) is 6.54 Å². The van der Waals surface area contributed by atoms with Crippen molar-refractivity contribution in [3.05, 3.63) is 110 Å². The van der Waals surface area contributed by atoms with E-state index in [0.717, 1.165) is 17.3 Å². The van der Waals surface area contributed by atoms with Crippen LogP contribution < -0.4 is 4.74 Å². The van der Waals surface area contributed by atoms with Gasteiger partial charge in [-0.15, -0.1) is 0 Å². The molecular weight excluding hydrogens is 476 g/mol. The smallest absolute Gasteiger partial charge is 0.293 e. The Morgan fingerprint density at radius 2 is 1.76 bits per heavy atom. The van der Waals surface area contributed by atoms with Crippen LogP contribution in [-0.4, -0.2) is 27.5 Å². The molecule has 0 N–H and O–H groups in total. The Bertz CT molecular complexity index is 1280. The summed E-state index contributed by atoms with van der Waals surface area (Å²) in [5.74, 6) is 0.0781. The highest BCUT2D eigenvalue weighted by molar-refractivity contribution is 8.18. The molecule has 1 saturated heterocycles. The van der Waals surface area contributed by atoms with E-state index >= 15 is 0 Å². The molecule has 0 spiro atoms. The molecule has 0 aromatic heterocycles. The number of thioether (sulfide) groups is 1. The topological polar surface area (TPSA) is 89.7 Å². The Morgan fingerprint density at radius 3 is 2.50 bits per heavy atom. The Labute approximate surface area is 205 Å². The van der Waals surface area contributed by atoms with Crippen LogP contribution in [0.2, 0.25) is 5.02 Å². The molecule has 0 saturated carbocycles. The second-order valence-electron chi connectivity index (χ2n) is 7.47. The number of hydrogen-bond donors (Lipinski definition) is 0. The fourth-order valence-corrected chi connectivity index (χ4v) is 4.48. The summed E-state index contributed by atoms with van der Waals surface area (Å²) in [6, 6.07) is 20.9. The van der Waals surface area contributed by atoms with Gasteiger partial charge in [0.2, 0.25) is 0 Å². The number of nitrogens with zero attached hydrogens (tertiary/aromatic N) is 2. The predicted octanol–water partition coefficient (Wildman–Crippen LogP) is 6.11. The van der Waals surface area contributed by atoms with Crippen LogP contribution in [0.3, 0.4) is 0 Å². The second-order valence-corrected chi connectivity index (χ2v) is 8.87. The lowest BCUT2D eigenvalue weighted by atomic mass is 10.1. The third kappa shape index (κ3) is 5.65. The minimum Gasteiger partial charge on any atom is -0.487 e. The molecule has 7 nitrogen and oxygen atoms in total. The number of nitro benzene ring substituents is 1. The summed E-state index contributed by atoms with van der Waals surface area (Å²) in [7, 11) is 0. The lowest BCUT2D eigenvalue weighted by Crippen LogP contribution is -2.30. The monoisotopic (exact) mass is 494 g/mol. The Kier molecular flexibility index (Phi) is 7.30. The van der Waals surface area contributed by atoms with Crippen LogP contribution in [0.1, 0.15) is 16.7 Å². The molecule has 172 valence electrons. The molecule has 4 rings (SSSR count). The van der Waals surface area contributed by atoms with Gasteiger partial charge in [0.15, 0.2) is 0 Å². The average molecular weight is 495 g/mol. The summed E-state index contributed by atoms with van der Waals surface area (Å²) in [4.78, 5) is 37.1. The number of imide groups is 1. The van der Waals surface area contributed by atoms with Crippen LogP contribution in [0.15, 0.2) is 77.7 Å². The number of carbonyl (C=O) groups is 2. The summed E-state index contributed by atoms with van der Waals surface area (Å²) in [5, 5.41) is 10.9. The van der Waals surface area contributed by atoms with Crippen LogP contribution in [0.25, 0.3) is 6.08 Å². The van der Waals surface area contributed by atoms with Crippen LogP contribution in [-0.2, 0) is 17.8 Å². The number of benzene rings is 3. The van der Waals surface area contributed by atoms with Gasteiger partial charge >= 0.3 is 0 Å². The van der Waals surface area contributed by atoms with Gasteiger partial charge in [0, 0.05) is 18.7 Å². The Morgan fingerprint density at radius 1 is 1.00 bits per heavy atom. The summed E-state index contributed by atoms with van der Waals surface area (Å²) in [6.07, 6.45) is 2.22. The molecule has 3 aromatic rings. The molecule has 0 atom stereocenters. The second kappa shape index (κ2) is 10.5. The fraction of sp³-hybridized carbons (Fsp3) is 0.120. The lowest BCUT2D eigenvalue weighted by molar-refractivity contribution is -0.384. The van der Waals surface area contributed by atoms with Crippen molar-refractivity contribution in [2.24, 2.45) is 0 Å². The Balaban J connectivity index is 1.41. The standard InChI is InChI=1S/C25H19ClN2O5S/c26-21-14-18(9-10-22(21)33-16-19-7-4-8-20(13-19)28(31)32)15-23-24(29)27(25(30)34-23)12-11-17-5-2-1-3-6-17/h1-10,13-15H,11-12,16H2/b23-15-. The van der Waals surface area contributed by atoms with E-state index in [2.05, 4.69) is 0 Å². The highest BCUT2D eigenvalue weighted by Gasteiger charge is 2.34. The van der Waals surface area contributed by atoms with Crippen molar-refractivity contribution >= 4 is 46.3 Å². The van der Waals surface area contributed by atoms with E-state index in [1.54, 1.807) is 36.4 Å². The number of amides is 2. The molecule has 1 aliphatic heterocycles. The van der Waals surface area contributed by atoms with Crippen LogP contribution >= 0.6 is 23.4 Å². The quantitative estimate of drug-likeness (QED) is 0.213. The number of carbonyl (C=O) groups excluding carboxylic acids is 2. The zero-order valence-electron chi connectivity index (χ0n) is 17.8. The zero-order chi connectivity index (χ0) is 24.1. The van der Waals surface area contributed by atoms with Gasteiger partial charge in [0.25, 0.3) is 16.8 Å². The molecule has 3 aromatic carbocycles. The van der Waals surface area contributed by atoms with E-state index in [1.807, 2.05) is 30.3 Å². The normalized spacial score (nSPS) is 14.6. The van der Waals surface area contributed by atoms with Gasteiger partial charge in [-0.05, 0) is 53.1 Å². The fourth-order valence-electron chi connectivity index (χ4n) is 3.37. The molecule has 0 bridgehead atoms. The Hall–Kier alpha value is -3.62. The first-order chi connectivity index (χ1) is 16.4. The SMILES string of the molecule is O=C1S/C(=C\c2ccc(OCc3cccc([N+](=O)[O-])c3)c(Cl)c2)C(=O)N1CCc1ccccc1. The molecule has 34 heavy (non-hydrogen) atoms. The minimum atomic E-state index is -0.464. The molecule has 1 fully saturated rings. The highest BCUT2D eigenvalue weighted by Crippen LogP contribution is 2.34. The molecular formula is C25H19ClN2O5S. The van der Waals surface area contributed by atoms with Crippen molar-refractivity contribution in [1.82, 2.24) is 4.90 Å². The molecule has 2 amide bonds. The van der Waals surface area contributed by atoms with Crippen molar-refractivity contribution in [3.8, 4) is 5.75 Å². The van der Waals surface area contributed by atoms with Crippen LogP contribution in [0.5, 0.6) is 5.75 Å². The molecule has 0 unspecified atom stereocenters. The number of nitro groups is 1. The van der Waals surface area contributed by atoms with Gasteiger partial charge in [-0.25, -0.2) is 0 Å². The van der Waals surface area contributed by atoms with Gasteiger partial charge < -0.3 is 4.74 Å².